The fourth-order valence-electron chi connectivity index (χ4n) is 7.12. The number of aromatic hydroxyl groups is 1. The molecule has 2 aliphatic rings. The van der Waals surface area contributed by atoms with E-state index in [0.717, 1.165) is 69.6 Å². The van der Waals surface area contributed by atoms with Crippen LogP contribution in [0.3, 0.4) is 0 Å². The number of carbonyl (C=O) groups is 2. The van der Waals surface area contributed by atoms with Gasteiger partial charge in [-0.2, -0.15) is 0 Å². The van der Waals surface area contributed by atoms with Crippen molar-refractivity contribution in [1.29, 1.82) is 0 Å². The molecule has 10 heteroatoms. The number of hydrogen-bond donors (Lipinski definition) is 2. The number of allylic oxidation sites excluding steroid dienone is 6. The molecule has 0 fully saturated rings. The summed E-state index contributed by atoms with van der Waals surface area (Å²) in [5.74, 6) is -4.68. The van der Waals surface area contributed by atoms with E-state index in [4.69, 9.17) is 0 Å². The van der Waals surface area contributed by atoms with Crippen molar-refractivity contribution in [3.05, 3.63) is 124 Å². The average Bonchev–Trinajstić information content (AvgIpc) is 3.14. The van der Waals surface area contributed by atoms with Gasteiger partial charge in [-0.15, -0.1) is 0 Å². The van der Waals surface area contributed by atoms with Gasteiger partial charge < -0.3 is 20.0 Å². The van der Waals surface area contributed by atoms with Crippen LogP contribution in [0.5, 0.6) is 5.75 Å². The van der Waals surface area contributed by atoms with Crippen molar-refractivity contribution >= 4 is 34.2 Å². The minimum atomic E-state index is -0.774. The highest BCUT2D eigenvalue weighted by Gasteiger charge is 2.40. The van der Waals surface area contributed by atoms with Crippen molar-refractivity contribution in [2.24, 2.45) is 11.8 Å². The Hall–Kier alpha value is -5.12. The van der Waals surface area contributed by atoms with Crippen LogP contribution >= 0.6 is 0 Å². The Morgan fingerprint density at radius 1 is 0.667 bits per heavy atom. The molecule has 0 saturated carbocycles. The number of rotatable bonds is 17. The van der Waals surface area contributed by atoms with Crippen LogP contribution in [-0.2, 0) is 9.59 Å². The molecular formula is C44H48F4N2O4. The number of ketones is 2. The van der Waals surface area contributed by atoms with Gasteiger partial charge in [0.2, 0.25) is 5.78 Å². The number of Topliss-reactive ketones (excluding diaryl/α,β-unsaturated/α-hetero) is 1. The van der Waals surface area contributed by atoms with Crippen LogP contribution in [0.25, 0.3) is 5.57 Å². The normalized spacial score (nSPS) is 16.7. The predicted molar refractivity (Wildman–Crippen MR) is 206 cm³/mol. The van der Waals surface area contributed by atoms with E-state index in [0.29, 0.717) is 24.5 Å². The number of nitrogens with zero attached hydrogens (tertiary/aromatic N) is 2. The first-order chi connectivity index (χ1) is 25.9. The first-order valence-electron chi connectivity index (χ1n) is 18.9. The summed E-state index contributed by atoms with van der Waals surface area (Å²) < 4.78 is 57.9. The maximum absolute atomic E-state index is 15.1. The fourth-order valence-corrected chi connectivity index (χ4v) is 7.12. The van der Waals surface area contributed by atoms with E-state index in [2.05, 4.69) is 13.8 Å². The first kappa shape index (κ1) is 40.1. The number of carbonyl (C=O) groups excluding carboxylic acids is 2. The Morgan fingerprint density at radius 3 is 1.70 bits per heavy atom. The molecular weight excluding hydrogens is 696 g/mol. The summed E-state index contributed by atoms with van der Waals surface area (Å²) in [5.41, 5.74) is 0.592. The van der Waals surface area contributed by atoms with Gasteiger partial charge in [0.1, 0.15) is 34.8 Å². The van der Waals surface area contributed by atoms with Crippen LogP contribution in [0, 0.1) is 35.1 Å². The topological polar surface area (TPSA) is 81.1 Å². The van der Waals surface area contributed by atoms with E-state index >= 15 is 8.78 Å². The molecule has 5 rings (SSSR count). The second kappa shape index (κ2) is 17.8. The van der Waals surface area contributed by atoms with Gasteiger partial charge in [0, 0.05) is 59.9 Å². The highest BCUT2D eigenvalue weighted by molar-refractivity contribution is 6.41. The van der Waals surface area contributed by atoms with Gasteiger partial charge in [-0.05, 0) is 73.2 Å². The van der Waals surface area contributed by atoms with Crippen LogP contribution in [0.4, 0.5) is 34.6 Å². The van der Waals surface area contributed by atoms with Gasteiger partial charge in [-0.1, -0.05) is 66.2 Å². The Morgan fingerprint density at radius 2 is 1.22 bits per heavy atom. The molecule has 0 radical (unpaired) electrons. The van der Waals surface area contributed by atoms with E-state index in [-0.39, 0.29) is 51.2 Å². The maximum atomic E-state index is 15.1. The summed E-state index contributed by atoms with van der Waals surface area (Å²) in [6.07, 6.45) is 11.6. The summed E-state index contributed by atoms with van der Waals surface area (Å²) in [7, 11) is 0. The van der Waals surface area contributed by atoms with Crippen molar-refractivity contribution in [3.63, 3.8) is 0 Å². The number of phenolic OH excluding ortho intramolecular Hbond substituents is 1. The molecule has 0 saturated heterocycles. The molecule has 0 aliphatic heterocycles. The van der Waals surface area contributed by atoms with Crippen molar-refractivity contribution in [2.75, 3.05) is 22.9 Å². The number of anilines is 3. The van der Waals surface area contributed by atoms with Gasteiger partial charge >= 0.3 is 0 Å². The molecule has 0 bridgehead atoms. The molecule has 286 valence electrons. The Balaban J connectivity index is 1.46. The zero-order valence-electron chi connectivity index (χ0n) is 31.3. The predicted octanol–water partition coefficient (Wildman–Crippen LogP) is 11.2. The van der Waals surface area contributed by atoms with Gasteiger partial charge in [0.25, 0.3) is 0 Å². The standard InChI is InChI=1S/C44H48F4N2O4/c1-5-9-11-27(7-3)25-49(37-19-13-29(45)21-35(37)47)31-15-17-33(39(51)23-31)41-43(53)42(44(41)54)34-18-16-32(24-40(34)52)50(26-28(8-4)12-10-6-2)38-20-14-30(46)22-36(38)48/h13-24,27-28,51,53H,5-12,25-26H2,1-4H3/b42-34-. The lowest BCUT2D eigenvalue weighted by molar-refractivity contribution is -0.114. The molecule has 0 amide bonds. The Bertz CT molecular complexity index is 2020. The molecule has 54 heavy (non-hydrogen) atoms. The zero-order valence-corrected chi connectivity index (χ0v) is 31.3. The minimum absolute atomic E-state index is 0.0299. The highest BCUT2D eigenvalue weighted by atomic mass is 19.1. The zero-order chi connectivity index (χ0) is 39.1. The highest BCUT2D eigenvalue weighted by Crippen LogP contribution is 2.44. The van der Waals surface area contributed by atoms with Crippen LogP contribution in [-0.4, -0.2) is 34.9 Å². The number of hydrogen-bond acceptors (Lipinski definition) is 6. The van der Waals surface area contributed by atoms with E-state index in [1.165, 1.54) is 42.5 Å². The number of benzene rings is 3. The van der Waals surface area contributed by atoms with Crippen LogP contribution in [0.15, 0.2) is 95.4 Å². The average molecular weight is 745 g/mol. The van der Waals surface area contributed by atoms with Crippen molar-refractivity contribution in [1.82, 2.24) is 0 Å². The molecule has 0 aromatic heterocycles. The van der Waals surface area contributed by atoms with Crippen LogP contribution in [0.2, 0.25) is 0 Å². The third kappa shape index (κ3) is 8.64. The van der Waals surface area contributed by atoms with Crippen molar-refractivity contribution in [3.8, 4) is 5.75 Å². The second-order valence-electron chi connectivity index (χ2n) is 14.1. The number of aliphatic hydroxyl groups is 1. The fraction of sp³-hybridized carbons (Fsp3) is 0.364. The first-order valence-corrected chi connectivity index (χ1v) is 18.9. The van der Waals surface area contributed by atoms with E-state index < -0.39 is 40.6 Å². The lowest BCUT2D eigenvalue weighted by atomic mass is 9.79. The molecule has 2 unspecified atom stereocenters. The molecule has 0 heterocycles. The number of halogens is 4. The molecule has 3 aromatic carbocycles. The van der Waals surface area contributed by atoms with Gasteiger partial charge in [0.15, 0.2) is 5.78 Å². The lowest BCUT2D eigenvalue weighted by Crippen LogP contribution is -2.31. The van der Waals surface area contributed by atoms with Crippen molar-refractivity contribution < 1.29 is 37.4 Å². The van der Waals surface area contributed by atoms with Crippen LogP contribution < -0.4 is 9.80 Å². The SMILES string of the molecule is CCCCC(CC)CN(C1=CC(=O)/C(=C2\C(=O)C(c3ccc(N(CC(CC)CCCC)c4ccc(F)cc4F)cc3O)=C2O)C=C1)c1ccc(F)cc1F. The summed E-state index contributed by atoms with van der Waals surface area (Å²) in [4.78, 5) is 30.5. The smallest absolute Gasteiger partial charge is 0.202 e. The quantitative estimate of drug-likeness (QED) is 0.106. The summed E-state index contributed by atoms with van der Waals surface area (Å²) in [5, 5.41) is 22.4. The van der Waals surface area contributed by atoms with E-state index in [9.17, 15) is 28.6 Å². The third-order valence-corrected chi connectivity index (χ3v) is 10.4. The number of phenols is 1. The molecule has 6 nitrogen and oxygen atoms in total. The van der Waals surface area contributed by atoms with E-state index in [1.807, 2.05) is 13.8 Å². The summed E-state index contributed by atoms with van der Waals surface area (Å²) in [6, 6.07) is 11.0. The third-order valence-electron chi connectivity index (χ3n) is 10.4. The molecule has 2 atom stereocenters. The van der Waals surface area contributed by atoms with Gasteiger partial charge in [-0.3, -0.25) is 9.59 Å². The summed E-state index contributed by atoms with van der Waals surface area (Å²) >= 11 is 0. The van der Waals surface area contributed by atoms with E-state index in [1.54, 1.807) is 21.9 Å². The summed E-state index contributed by atoms with van der Waals surface area (Å²) in [6.45, 7) is 9.03. The maximum Gasteiger partial charge on any atom is 0.202 e. The van der Waals surface area contributed by atoms with Gasteiger partial charge in [-0.25, -0.2) is 17.6 Å². The Labute approximate surface area is 314 Å². The minimum Gasteiger partial charge on any atom is -0.507 e. The van der Waals surface area contributed by atoms with Crippen molar-refractivity contribution in [2.45, 2.75) is 79.1 Å². The largest absolute Gasteiger partial charge is 0.507 e. The number of aliphatic hydroxyl groups excluding tert-OH is 1. The molecule has 2 N–H and O–H groups in total. The van der Waals surface area contributed by atoms with Gasteiger partial charge in [0.05, 0.1) is 22.5 Å². The van der Waals surface area contributed by atoms with Crippen LogP contribution in [0.1, 0.15) is 84.6 Å². The monoisotopic (exact) mass is 744 g/mol. The number of unbranched alkanes of at least 4 members (excludes halogenated alkanes) is 2. The molecule has 2 aliphatic carbocycles. The molecule has 3 aromatic rings. The second-order valence-corrected chi connectivity index (χ2v) is 14.1. The molecule has 0 spiro atoms. The Kier molecular flexibility index (Phi) is 13.2. The lowest BCUT2D eigenvalue weighted by Gasteiger charge is -2.32.